The first kappa shape index (κ1) is 16.5. The van der Waals surface area contributed by atoms with Crippen LogP contribution in [0.15, 0.2) is 42.5 Å². The fourth-order valence-electron chi connectivity index (χ4n) is 2.39. The van der Waals surface area contributed by atoms with Gasteiger partial charge < -0.3 is 20.7 Å². The average molecular weight is 339 g/mol. The van der Waals surface area contributed by atoms with Crippen molar-refractivity contribution in [3.05, 3.63) is 48.0 Å². The summed E-state index contributed by atoms with van der Waals surface area (Å²) in [4.78, 5) is 35.0. The van der Waals surface area contributed by atoms with Gasteiger partial charge >= 0.3 is 0 Å². The van der Waals surface area contributed by atoms with Crippen molar-refractivity contribution in [3.8, 4) is 5.75 Å². The van der Waals surface area contributed by atoms with Crippen LogP contribution in [0.25, 0.3) is 0 Å². The molecule has 0 saturated heterocycles. The molecule has 0 fully saturated rings. The van der Waals surface area contributed by atoms with E-state index >= 15 is 0 Å². The average Bonchev–Trinajstić information content (AvgIpc) is 2.57. The maximum atomic E-state index is 12.4. The van der Waals surface area contributed by atoms with Crippen molar-refractivity contribution in [1.82, 2.24) is 0 Å². The molecule has 0 aliphatic carbocycles. The van der Waals surface area contributed by atoms with Gasteiger partial charge in [0.05, 0.1) is 5.69 Å². The van der Waals surface area contributed by atoms with Gasteiger partial charge in [0, 0.05) is 23.9 Å². The van der Waals surface area contributed by atoms with E-state index in [1.54, 1.807) is 49.4 Å². The van der Waals surface area contributed by atoms with Gasteiger partial charge in [-0.15, -0.1) is 0 Å². The third-order valence-electron chi connectivity index (χ3n) is 3.64. The van der Waals surface area contributed by atoms with E-state index in [4.69, 9.17) is 4.74 Å². The minimum atomic E-state index is -0.605. The molecular formula is C18H17N3O4. The van der Waals surface area contributed by atoms with Gasteiger partial charge in [0.15, 0.2) is 6.10 Å². The molecule has 0 radical (unpaired) electrons. The van der Waals surface area contributed by atoms with Crippen LogP contribution in [-0.2, 0) is 9.59 Å². The van der Waals surface area contributed by atoms with E-state index in [0.29, 0.717) is 28.4 Å². The zero-order chi connectivity index (χ0) is 18.0. The lowest BCUT2D eigenvalue weighted by Gasteiger charge is -2.23. The minimum Gasteiger partial charge on any atom is -0.479 e. The summed E-state index contributed by atoms with van der Waals surface area (Å²) in [5, 5.41) is 8.14. The van der Waals surface area contributed by atoms with E-state index in [1.807, 2.05) is 0 Å². The SMILES string of the molecule is CC(=O)Nc1ccc(NC(=O)c2ccc3c(c2)OC(C)C(=O)N3)cc1. The molecule has 2 aromatic rings. The molecule has 1 heterocycles. The first-order valence-corrected chi connectivity index (χ1v) is 7.73. The van der Waals surface area contributed by atoms with E-state index in [0.717, 1.165) is 0 Å². The molecule has 0 aromatic heterocycles. The van der Waals surface area contributed by atoms with Crippen molar-refractivity contribution >= 4 is 34.8 Å². The van der Waals surface area contributed by atoms with Crippen LogP contribution in [0.5, 0.6) is 5.75 Å². The normalized spacial score (nSPS) is 15.4. The molecule has 3 amide bonds. The Morgan fingerprint density at radius 1 is 1.04 bits per heavy atom. The van der Waals surface area contributed by atoms with Crippen molar-refractivity contribution in [2.24, 2.45) is 0 Å². The fraction of sp³-hybridized carbons (Fsp3) is 0.167. The number of ether oxygens (including phenoxy) is 1. The van der Waals surface area contributed by atoms with Crippen LogP contribution in [0.3, 0.4) is 0 Å². The highest BCUT2D eigenvalue weighted by atomic mass is 16.5. The van der Waals surface area contributed by atoms with Crippen LogP contribution in [-0.4, -0.2) is 23.8 Å². The Morgan fingerprint density at radius 3 is 2.32 bits per heavy atom. The number of amides is 3. The standard InChI is InChI=1S/C18H17N3O4/c1-10-17(23)21-15-8-3-12(9-16(15)25-10)18(24)20-14-6-4-13(5-7-14)19-11(2)22/h3-10H,1-2H3,(H,19,22)(H,20,24)(H,21,23). The second-order valence-corrected chi connectivity index (χ2v) is 5.67. The van der Waals surface area contributed by atoms with Crippen molar-refractivity contribution in [2.75, 3.05) is 16.0 Å². The van der Waals surface area contributed by atoms with Crippen LogP contribution in [0.2, 0.25) is 0 Å². The number of hydrogen-bond donors (Lipinski definition) is 3. The van der Waals surface area contributed by atoms with Gasteiger partial charge in [-0.05, 0) is 49.4 Å². The van der Waals surface area contributed by atoms with Gasteiger partial charge in [-0.1, -0.05) is 0 Å². The molecular weight excluding hydrogens is 322 g/mol. The van der Waals surface area contributed by atoms with Gasteiger partial charge in [-0.25, -0.2) is 0 Å². The topological polar surface area (TPSA) is 96.5 Å². The molecule has 0 bridgehead atoms. The van der Waals surface area contributed by atoms with E-state index in [-0.39, 0.29) is 17.7 Å². The molecule has 7 heteroatoms. The molecule has 2 aromatic carbocycles. The quantitative estimate of drug-likeness (QED) is 0.801. The maximum absolute atomic E-state index is 12.4. The molecule has 3 rings (SSSR count). The van der Waals surface area contributed by atoms with Gasteiger partial charge in [-0.2, -0.15) is 0 Å². The number of benzene rings is 2. The first-order valence-electron chi connectivity index (χ1n) is 7.73. The highest BCUT2D eigenvalue weighted by Gasteiger charge is 2.24. The van der Waals surface area contributed by atoms with Gasteiger partial charge in [0.1, 0.15) is 5.75 Å². The van der Waals surface area contributed by atoms with E-state index in [2.05, 4.69) is 16.0 Å². The van der Waals surface area contributed by atoms with Crippen molar-refractivity contribution in [1.29, 1.82) is 0 Å². The molecule has 1 atom stereocenters. The smallest absolute Gasteiger partial charge is 0.265 e. The largest absolute Gasteiger partial charge is 0.479 e. The molecule has 1 aliphatic heterocycles. The fourth-order valence-corrected chi connectivity index (χ4v) is 2.39. The van der Waals surface area contributed by atoms with Crippen LogP contribution in [0, 0.1) is 0 Å². The summed E-state index contributed by atoms with van der Waals surface area (Å²) in [5.74, 6) is -0.222. The number of nitrogens with one attached hydrogen (secondary N) is 3. The summed E-state index contributed by atoms with van der Waals surface area (Å²) in [6, 6.07) is 11.6. The van der Waals surface area contributed by atoms with Crippen molar-refractivity contribution in [3.63, 3.8) is 0 Å². The molecule has 25 heavy (non-hydrogen) atoms. The van der Waals surface area contributed by atoms with Gasteiger partial charge in [0.25, 0.3) is 11.8 Å². The summed E-state index contributed by atoms with van der Waals surface area (Å²) in [5.41, 5.74) is 2.20. The predicted molar refractivity (Wildman–Crippen MR) is 93.9 cm³/mol. The summed E-state index contributed by atoms with van der Waals surface area (Å²) >= 11 is 0. The monoisotopic (exact) mass is 339 g/mol. The Bertz CT molecular complexity index is 846. The van der Waals surface area contributed by atoms with E-state index in [9.17, 15) is 14.4 Å². The number of carbonyl (C=O) groups excluding carboxylic acids is 3. The Balaban J connectivity index is 1.72. The first-order chi connectivity index (χ1) is 11.9. The molecule has 7 nitrogen and oxygen atoms in total. The summed E-state index contributed by atoms with van der Waals surface area (Å²) < 4.78 is 5.51. The molecule has 1 unspecified atom stereocenters. The molecule has 128 valence electrons. The van der Waals surface area contributed by atoms with Crippen LogP contribution in [0.1, 0.15) is 24.2 Å². The number of carbonyl (C=O) groups is 3. The Kier molecular flexibility index (Phi) is 4.38. The minimum absolute atomic E-state index is 0.160. The van der Waals surface area contributed by atoms with Crippen molar-refractivity contribution in [2.45, 2.75) is 20.0 Å². The Morgan fingerprint density at radius 2 is 1.68 bits per heavy atom. The van der Waals surface area contributed by atoms with Crippen LogP contribution in [0.4, 0.5) is 17.1 Å². The molecule has 3 N–H and O–H groups in total. The Labute approximate surface area is 144 Å². The molecule has 1 aliphatic rings. The lowest BCUT2D eigenvalue weighted by atomic mass is 10.1. The van der Waals surface area contributed by atoms with Crippen LogP contribution < -0.4 is 20.7 Å². The second-order valence-electron chi connectivity index (χ2n) is 5.67. The van der Waals surface area contributed by atoms with Crippen molar-refractivity contribution < 1.29 is 19.1 Å². The molecule has 0 saturated carbocycles. The Hall–Kier alpha value is -3.35. The lowest BCUT2D eigenvalue weighted by Crippen LogP contribution is -2.34. The number of hydrogen-bond acceptors (Lipinski definition) is 4. The zero-order valence-corrected chi connectivity index (χ0v) is 13.8. The molecule has 0 spiro atoms. The number of rotatable bonds is 3. The van der Waals surface area contributed by atoms with Crippen LogP contribution >= 0.6 is 0 Å². The second kappa shape index (κ2) is 6.64. The van der Waals surface area contributed by atoms with Gasteiger partial charge in [-0.3, -0.25) is 14.4 Å². The van der Waals surface area contributed by atoms with E-state index in [1.165, 1.54) is 6.92 Å². The number of anilines is 3. The summed E-state index contributed by atoms with van der Waals surface area (Å²) in [7, 11) is 0. The lowest BCUT2D eigenvalue weighted by molar-refractivity contribution is -0.122. The predicted octanol–water partition coefficient (Wildman–Crippen LogP) is 2.62. The highest BCUT2D eigenvalue weighted by molar-refractivity contribution is 6.06. The summed E-state index contributed by atoms with van der Waals surface area (Å²) in [6.07, 6.45) is -0.605. The number of fused-ring (bicyclic) bond motifs is 1. The van der Waals surface area contributed by atoms with E-state index < -0.39 is 6.10 Å². The third kappa shape index (κ3) is 3.77. The van der Waals surface area contributed by atoms with Gasteiger partial charge in [0.2, 0.25) is 5.91 Å². The maximum Gasteiger partial charge on any atom is 0.265 e. The zero-order valence-electron chi connectivity index (χ0n) is 13.8. The third-order valence-corrected chi connectivity index (χ3v) is 3.64. The summed E-state index contributed by atoms with van der Waals surface area (Å²) in [6.45, 7) is 3.07. The highest BCUT2D eigenvalue weighted by Crippen LogP contribution is 2.30.